The molecule has 5 rings (SSSR count). The smallest absolute Gasteiger partial charge is 0.281 e. The number of nitrogens with zero attached hydrogens (tertiary/aromatic N) is 5. The third-order valence-corrected chi connectivity index (χ3v) is 9.33. The summed E-state index contributed by atoms with van der Waals surface area (Å²) in [6.45, 7) is 4.55. The molecule has 2 aromatic rings. The molecule has 3 aliphatic heterocycles. The Bertz CT molecular complexity index is 1230. The van der Waals surface area contributed by atoms with Crippen LogP contribution in [0.25, 0.3) is 10.8 Å². The number of amides is 1. The first-order valence-electron chi connectivity index (χ1n) is 12.2. The zero-order valence-corrected chi connectivity index (χ0v) is 21.2. The Morgan fingerprint density at radius 1 is 1.00 bits per heavy atom. The van der Waals surface area contributed by atoms with Gasteiger partial charge in [-0.05, 0) is 22.4 Å². The highest BCUT2D eigenvalue weighted by molar-refractivity contribution is 7.86. The summed E-state index contributed by atoms with van der Waals surface area (Å²) in [6.07, 6.45) is 1.50. The molecule has 3 aliphatic rings. The van der Waals surface area contributed by atoms with Crippen LogP contribution in [0.15, 0.2) is 47.6 Å². The first-order chi connectivity index (χ1) is 16.8. The minimum absolute atomic E-state index is 0.0597. The summed E-state index contributed by atoms with van der Waals surface area (Å²) in [5, 5.41) is 6.65. The first kappa shape index (κ1) is 24.2. The minimum Gasteiger partial charge on any atom is -0.388 e. The molecular formula is C25H33N5O4S. The lowest BCUT2D eigenvalue weighted by molar-refractivity contribution is -0.126. The topological polar surface area (TPSA) is 85.8 Å². The van der Waals surface area contributed by atoms with Crippen LogP contribution in [0.4, 0.5) is 0 Å². The fourth-order valence-corrected chi connectivity index (χ4v) is 6.25. The summed E-state index contributed by atoms with van der Waals surface area (Å²) in [5.74, 6) is -0.0597. The Morgan fingerprint density at radius 2 is 1.69 bits per heavy atom. The largest absolute Gasteiger partial charge is 0.388 e. The van der Waals surface area contributed by atoms with Gasteiger partial charge in [0.1, 0.15) is 11.3 Å². The number of carbonyl (C=O) groups excluding carboxylic acids is 1. The first-order valence-corrected chi connectivity index (χ1v) is 13.6. The number of carbonyl (C=O) groups is 1. The van der Waals surface area contributed by atoms with Crippen molar-refractivity contribution in [2.24, 2.45) is 5.16 Å². The van der Waals surface area contributed by atoms with E-state index < -0.39 is 15.8 Å². The van der Waals surface area contributed by atoms with Gasteiger partial charge in [-0.2, -0.15) is 17.0 Å². The van der Waals surface area contributed by atoms with Crippen molar-refractivity contribution in [3.63, 3.8) is 0 Å². The van der Waals surface area contributed by atoms with Gasteiger partial charge in [0.15, 0.2) is 0 Å². The minimum atomic E-state index is -3.44. The van der Waals surface area contributed by atoms with Gasteiger partial charge < -0.3 is 9.74 Å². The lowest BCUT2D eigenvalue weighted by atomic mass is 9.87. The maximum absolute atomic E-state index is 13.1. The molecule has 0 atom stereocenters. The van der Waals surface area contributed by atoms with Gasteiger partial charge in [-0.15, -0.1) is 0 Å². The van der Waals surface area contributed by atoms with Gasteiger partial charge in [0.25, 0.3) is 16.1 Å². The van der Waals surface area contributed by atoms with E-state index in [4.69, 9.17) is 4.84 Å². The lowest BCUT2D eigenvalue weighted by Crippen LogP contribution is -2.51. The zero-order chi connectivity index (χ0) is 24.6. The van der Waals surface area contributed by atoms with E-state index in [0.717, 1.165) is 19.6 Å². The second-order valence-corrected chi connectivity index (χ2v) is 12.1. The van der Waals surface area contributed by atoms with Gasteiger partial charge in [0.2, 0.25) is 0 Å². The van der Waals surface area contributed by atoms with E-state index >= 15 is 0 Å². The highest BCUT2D eigenvalue weighted by Gasteiger charge is 2.46. The molecule has 10 heteroatoms. The van der Waals surface area contributed by atoms with Crippen LogP contribution in [0.2, 0.25) is 0 Å². The number of fused-ring (bicyclic) bond motifs is 1. The summed E-state index contributed by atoms with van der Waals surface area (Å²) in [4.78, 5) is 23.1. The van der Waals surface area contributed by atoms with Crippen molar-refractivity contribution in [3.05, 3.63) is 48.0 Å². The van der Waals surface area contributed by atoms with Crippen molar-refractivity contribution >= 4 is 32.6 Å². The maximum Gasteiger partial charge on any atom is 0.281 e. The number of hydrogen-bond donors (Lipinski definition) is 0. The van der Waals surface area contributed by atoms with Crippen LogP contribution in [-0.4, -0.2) is 97.4 Å². The summed E-state index contributed by atoms with van der Waals surface area (Å²) < 4.78 is 27.5. The quantitative estimate of drug-likeness (QED) is 0.627. The van der Waals surface area contributed by atoms with Gasteiger partial charge in [0.05, 0.1) is 0 Å². The van der Waals surface area contributed by atoms with Crippen LogP contribution in [-0.2, 0) is 26.4 Å². The van der Waals surface area contributed by atoms with Crippen molar-refractivity contribution in [1.29, 1.82) is 0 Å². The van der Waals surface area contributed by atoms with Gasteiger partial charge >= 0.3 is 0 Å². The standard InChI is InChI=1S/C25H33N5O4S/c1-27(2)35(32,33)30-11-9-25(10-12-30)18-23(26-34-25)24(31)29-15-13-28(14-16-29)19-20-7-8-21-5-3-4-6-22(21)17-20/h3-8,17H,9-16,18-19H2,1-2H3. The highest BCUT2D eigenvalue weighted by atomic mass is 32.2. The molecule has 1 spiro atoms. The molecule has 0 bridgehead atoms. The van der Waals surface area contributed by atoms with Crippen molar-refractivity contribution in [2.75, 3.05) is 53.4 Å². The Kier molecular flexibility index (Phi) is 6.56. The molecule has 1 amide bonds. The van der Waals surface area contributed by atoms with E-state index in [-0.39, 0.29) is 5.91 Å². The molecule has 0 N–H and O–H groups in total. The van der Waals surface area contributed by atoms with Crippen LogP contribution in [0.3, 0.4) is 0 Å². The average molecular weight is 500 g/mol. The van der Waals surface area contributed by atoms with E-state index in [1.54, 1.807) is 0 Å². The molecule has 0 unspecified atom stereocenters. The molecule has 0 aliphatic carbocycles. The molecule has 2 saturated heterocycles. The molecule has 0 radical (unpaired) electrons. The van der Waals surface area contributed by atoms with Crippen molar-refractivity contribution < 1.29 is 18.0 Å². The van der Waals surface area contributed by atoms with Crippen LogP contribution in [0, 0.1) is 0 Å². The van der Waals surface area contributed by atoms with Gasteiger partial charge in [-0.1, -0.05) is 41.6 Å². The molecule has 2 aromatic carbocycles. The van der Waals surface area contributed by atoms with Crippen LogP contribution in [0.5, 0.6) is 0 Å². The lowest BCUT2D eigenvalue weighted by Gasteiger charge is -2.37. The van der Waals surface area contributed by atoms with Crippen LogP contribution in [0.1, 0.15) is 24.8 Å². The van der Waals surface area contributed by atoms with E-state index in [1.807, 2.05) is 4.90 Å². The molecule has 9 nitrogen and oxygen atoms in total. The van der Waals surface area contributed by atoms with Crippen molar-refractivity contribution in [1.82, 2.24) is 18.4 Å². The predicted octanol–water partition coefficient (Wildman–Crippen LogP) is 1.90. The van der Waals surface area contributed by atoms with Gasteiger partial charge in [0, 0.05) is 79.2 Å². The van der Waals surface area contributed by atoms with E-state index in [0.29, 0.717) is 51.2 Å². The Balaban J connectivity index is 1.12. The normalized spacial score (nSPS) is 21.5. The molecule has 0 aromatic heterocycles. The zero-order valence-electron chi connectivity index (χ0n) is 20.4. The molecule has 2 fully saturated rings. The van der Waals surface area contributed by atoms with E-state index in [1.165, 1.54) is 39.0 Å². The van der Waals surface area contributed by atoms with Gasteiger partial charge in [-0.25, -0.2) is 0 Å². The highest BCUT2D eigenvalue weighted by Crippen LogP contribution is 2.36. The third-order valence-electron chi connectivity index (χ3n) is 7.39. The Hall–Kier alpha value is -2.53. The van der Waals surface area contributed by atoms with Crippen LogP contribution >= 0.6 is 0 Å². The number of piperidine rings is 1. The predicted molar refractivity (Wildman–Crippen MR) is 135 cm³/mol. The molecular weight excluding hydrogens is 466 g/mol. The van der Waals surface area contributed by atoms with Crippen molar-refractivity contribution in [3.8, 4) is 0 Å². The third kappa shape index (κ3) is 4.93. The maximum atomic E-state index is 13.1. The van der Waals surface area contributed by atoms with Gasteiger partial charge in [-0.3, -0.25) is 9.69 Å². The number of hydrogen-bond acceptors (Lipinski definition) is 6. The molecule has 35 heavy (non-hydrogen) atoms. The fraction of sp³-hybridized carbons (Fsp3) is 0.520. The van der Waals surface area contributed by atoms with E-state index in [9.17, 15) is 13.2 Å². The van der Waals surface area contributed by atoms with Crippen molar-refractivity contribution in [2.45, 2.75) is 31.4 Å². The monoisotopic (exact) mass is 499 g/mol. The molecule has 188 valence electrons. The van der Waals surface area contributed by atoms with E-state index in [2.05, 4.69) is 52.5 Å². The molecule has 0 saturated carbocycles. The summed E-state index contributed by atoms with van der Waals surface area (Å²) in [5.41, 5.74) is 1.17. The SMILES string of the molecule is CN(C)S(=O)(=O)N1CCC2(CC1)CC(C(=O)N1CCN(Cc3ccc4ccccc4c3)CC1)=NO2. The van der Waals surface area contributed by atoms with Crippen LogP contribution < -0.4 is 0 Å². The second-order valence-electron chi connectivity index (χ2n) is 9.93. The number of piperazine rings is 1. The molecule has 3 heterocycles. The number of rotatable bonds is 5. The Morgan fingerprint density at radius 3 is 2.37 bits per heavy atom. The summed E-state index contributed by atoms with van der Waals surface area (Å²) >= 11 is 0. The second kappa shape index (κ2) is 9.50. The average Bonchev–Trinajstić information content (AvgIpc) is 3.27. The Labute approximate surface area is 207 Å². The summed E-state index contributed by atoms with van der Waals surface area (Å²) in [7, 11) is -0.368. The fourth-order valence-electron chi connectivity index (χ4n) is 5.15. The number of oxime groups is 1. The number of benzene rings is 2. The summed E-state index contributed by atoms with van der Waals surface area (Å²) in [6, 6.07) is 15.0.